The van der Waals surface area contributed by atoms with Crippen LogP contribution in [0.4, 0.5) is 0 Å². The zero-order valence-electron chi connectivity index (χ0n) is 9.84. The van der Waals surface area contributed by atoms with Gasteiger partial charge in [-0.2, -0.15) is 17.0 Å². The Kier molecular flexibility index (Phi) is 6.24. The molecule has 0 fully saturated rings. The molecule has 0 aliphatic carbocycles. The summed E-state index contributed by atoms with van der Waals surface area (Å²) in [6.07, 6.45) is 1.53. The van der Waals surface area contributed by atoms with E-state index in [1.54, 1.807) is 0 Å². The molecule has 0 radical (unpaired) electrons. The number of rotatable bonds is 7. The first kappa shape index (κ1) is 15.1. The Morgan fingerprint density at radius 3 is 2.38 bits per heavy atom. The van der Waals surface area contributed by atoms with Gasteiger partial charge in [0, 0.05) is 27.2 Å². The van der Waals surface area contributed by atoms with E-state index < -0.39 is 16.2 Å². The molecule has 0 aromatic carbocycles. The van der Waals surface area contributed by atoms with Crippen LogP contribution in [-0.4, -0.2) is 57.3 Å². The van der Waals surface area contributed by atoms with Crippen molar-refractivity contribution in [3.05, 3.63) is 12.7 Å². The summed E-state index contributed by atoms with van der Waals surface area (Å²) in [5.74, 6) is -0.437. The second-order valence-electron chi connectivity index (χ2n) is 3.22. The summed E-state index contributed by atoms with van der Waals surface area (Å²) < 4.78 is 30.2. The summed E-state index contributed by atoms with van der Waals surface area (Å²) in [6.45, 7) is 3.78. The number of carbonyl (C=O) groups excluding carboxylic acids is 1. The molecular formula is C9H18N2O4S. The summed E-state index contributed by atoms with van der Waals surface area (Å²) >= 11 is 0. The summed E-state index contributed by atoms with van der Waals surface area (Å²) in [4.78, 5) is 10.9. The highest BCUT2D eigenvalue weighted by Gasteiger charge is 2.22. The second kappa shape index (κ2) is 6.62. The van der Waals surface area contributed by atoms with Crippen LogP contribution in [0.1, 0.15) is 6.42 Å². The lowest BCUT2D eigenvalue weighted by atomic mass is 10.4. The standard InChI is InChI=1S/C9H18N2O4S/c1-5-7-10(2)16(13,14)11(3)8-6-9(12)15-4/h5H,1,6-8H2,2-4H3. The topological polar surface area (TPSA) is 66.9 Å². The largest absolute Gasteiger partial charge is 0.469 e. The van der Waals surface area contributed by atoms with Gasteiger partial charge in [0.05, 0.1) is 13.5 Å². The van der Waals surface area contributed by atoms with Crippen LogP contribution in [0.2, 0.25) is 0 Å². The van der Waals surface area contributed by atoms with Crippen molar-refractivity contribution in [3.63, 3.8) is 0 Å². The molecule has 0 saturated heterocycles. The third-order valence-corrected chi connectivity index (χ3v) is 3.94. The van der Waals surface area contributed by atoms with Crippen molar-refractivity contribution in [3.8, 4) is 0 Å². The maximum Gasteiger partial charge on any atom is 0.306 e. The molecule has 0 N–H and O–H groups in total. The quantitative estimate of drug-likeness (QED) is 0.465. The first-order chi connectivity index (χ1) is 7.36. The van der Waals surface area contributed by atoms with Gasteiger partial charge in [0.1, 0.15) is 0 Å². The maximum atomic E-state index is 11.8. The Morgan fingerprint density at radius 1 is 1.38 bits per heavy atom. The Morgan fingerprint density at radius 2 is 1.94 bits per heavy atom. The van der Waals surface area contributed by atoms with Gasteiger partial charge < -0.3 is 4.74 Å². The molecule has 0 aliphatic rings. The molecule has 0 atom stereocenters. The van der Waals surface area contributed by atoms with Crippen LogP contribution in [0.5, 0.6) is 0 Å². The van der Waals surface area contributed by atoms with E-state index in [1.807, 2.05) is 0 Å². The number of hydrogen-bond acceptors (Lipinski definition) is 4. The Labute approximate surface area is 96.7 Å². The van der Waals surface area contributed by atoms with E-state index in [2.05, 4.69) is 11.3 Å². The average Bonchev–Trinajstić information content (AvgIpc) is 2.25. The Bertz CT molecular complexity index is 339. The molecule has 0 aromatic rings. The van der Waals surface area contributed by atoms with Crippen molar-refractivity contribution in [1.29, 1.82) is 0 Å². The van der Waals surface area contributed by atoms with Crippen LogP contribution in [0.15, 0.2) is 12.7 Å². The number of hydrogen-bond donors (Lipinski definition) is 0. The summed E-state index contributed by atoms with van der Waals surface area (Å²) in [5, 5.41) is 0. The molecule has 0 unspecified atom stereocenters. The van der Waals surface area contributed by atoms with E-state index in [0.717, 1.165) is 8.61 Å². The van der Waals surface area contributed by atoms with Crippen LogP contribution >= 0.6 is 0 Å². The van der Waals surface area contributed by atoms with Gasteiger partial charge in [-0.05, 0) is 0 Å². The minimum atomic E-state index is -3.52. The summed E-state index contributed by atoms with van der Waals surface area (Å²) in [5.41, 5.74) is 0. The number of nitrogens with zero attached hydrogens (tertiary/aromatic N) is 2. The monoisotopic (exact) mass is 250 g/mol. The van der Waals surface area contributed by atoms with Crippen LogP contribution in [0, 0.1) is 0 Å². The third-order valence-electron chi connectivity index (χ3n) is 2.03. The zero-order chi connectivity index (χ0) is 12.8. The van der Waals surface area contributed by atoms with Gasteiger partial charge in [-0.3, -0.25) is 4.79 Å². The fourth-order valence-electron chi connectivity index (χ4n) is 0.980. The van der Waals surface area contributed by atoms with E-state index in [-0.39, 0.29) is 19.5 Å². The average molecular weight is 250 g/mol. The summed E-state index contributed by atoms with van der Waals surface area (Å²) in [6, 6.07) is 0. The number of ether oxygens (including phenoxy) is 1. The summed E-state index contributed by atoms with van der Waals surface area (Å²) in [7, 11) is 0.612. The molecule has 0 saturated carbocycles. The van der Waals surface area contributed by atoms with Crippen molar-refractivity contribution in [2.24, 2.45) is 0 Å². The van der Waals surface area contributed by atoms with Gasteiger partial charge >= 0.3 is 5.97 Å². The SMILES string of the molecule is C=CCN(C)S(=O)(=O)N(C)CCC(=O)OC. The van der Waals surface area contributed by atoms with Gasteiger partial charge in [-0.15, -0.1) is 6.58 Å². The number of likely N-dealkylation sites (N-methyl/N-ethyl adjacent to an activating group) is 1. The predicted molar refractivity (Wildman–Crippen MR) is 61.0 cm³/mol. The molecule has 6 nitrogen and oxygen atoms in total. The molecule has 16 heavy (non-hydrogen) atoms. The first-order valence-electron chi connectivity index (χ1n) is 4.71. The predicted octanol–water partition coefficient (Wildman–Crippen LogP) is -0.156. The Balaban J connectivity index is 4.40. The maximum absolute atomic E-state index is 11.8. The highest BCUT2D eigenvalue weighted by molar-refractivity contribution is 7.86. The smallest absolute Gasteiger partial charge is 0.306 e. The van der Waals surface area contributed by atoms with Gasteiger partial charge in [-0.1, -0.05) is 6.08 Å². The van der Waals surface area contributed by atoms with Crippen molar-refractivity contribution < 1.29 is 17.9 Å². The second-order valence-corrected chi connectivity index (χ2v) is 5.37. The molecule has 0 heterocycles. The highest BCUT2D eigenvalue weighted by Crippen LogP contribution is 2.04. The van der Waals surface area contributed by atoms with E-state index in [0.29, 0.717) is 0 Å². The van der Waals surface area contributed by atoms with E-state index in [4.69, 9.17) is 0 Å². The van der Waals surface area contributed by atoms with Gasteiger partial charge in [-0.25, -0.2) is 0 Å². The lowest BCUT2D eigenvalue weighted by Crippen LogP contribution is -2.40. The number of methoxy groups -OCH3 is 1. The lowest BCUT2D eigenvalue weighted by Gasteiger charge is -2.22. The van der Waals surface area contributed by atoms with Gasteiger partial charge in [0.25, 0.3) is 10.2 Å². The molecule has 0 spiro atoms. The van der Waals surface area contributed by atoms with Crippen LogP contribution < -0.4 is 0 Å². The molecule has 94 valence electrons. The van der Waals surface area contributed by atoms with Crippen LogP contribution in [0.25, 0.3) is 0 Å². The molecule has 0 rings (SSSR count). The Hall–Kier alpha value is -0.920. The van der Waals surface area contributed by atoms with Crippen LogP contribution in [-0.2, 0) is 19.7 Å². The normalized spacial score (nSPS) is 11.8. The lowest BCUT2D eigenvalue weighted by molar-refractivity contribution is -0.140. The van der Waals surface area contributed by atoms with Crippen molar-refractivity contribution in [1.82, 2.24) is 8.61 Å². The first-order valence-corrected chi connectivity index (χ1v) is 6.11. The van der Waals surface area contributed by atoms with E-state index >= 15 is 0 Å². The van der Waals surface area contributed by atoms with E-state index in [9.17, 15) is 13.2 Å². The van der Waals surface area contributed by atoms with Gasteiger partial charge in [0.2, 0.25) is 0 Å². The molecule has 0 aromatic heterocycles. The van der Waals surface area contributed by atoms with E-state index in [1.165, 1.54) is 27.3 Å². The molecule has 7 heteroatoms. The molecule has 0 bridgehead atoms. The molecule has 0 amide bonds. The molecule has 0 aliphatic heterocycles. The van der Waals surface area contributed by atoms with Crippen molar-refractivity contribution >= 4 is 16.2 Å². The zero-order valence-corrected chi connectivity index (χ0v) is 10.7. The van der Waals surface area contributed by atoms with Gasteiger partial charge in [0.15, 0.2) is 0 Å². The highest BCUT2D eigenvalue weighted by atomic mass is 32.2. The molecular weight excluding hydrogens is 232 g/mol. The van der Waals surface area contributed by atoms with Crippen molar-refractivity contribution in [2.45, 2.75) is 6.42 Å². The third kappa shape index (κ3) is 4.30. The number of carbonyl (C=O) groups is 1. The fourth-order valence-corrected chi connectivity index (χ4v) is 2.07. The van der Waals surface area contributed by atoms with Crippen molar-refractivity contribution in [2.75, 3.05) is 34.3 Å². The van der Waals surface area contributed by atoms with Crippen LogP contribution in [0.3, 0.4) is 0 Å². The minimum Gasteiger partial charge on any atom is -0.469 e. The fraction of sp³-hybridized carbons (Fsp3) is 0.667. The number of esters is 1. The minimum absolute atomic E-state index is 0.0359.